The molecule has 0 fully saturated rings. The van der Waals surface area contributed by atoms with E-state index in [4.69, 9.17) is 16.3 Å². The van der Waals surface area contributed by atoms with Crippen molar-refractivity contribution >= 4 is 23.5 Å². The second kappa shape index (κ2) is 6.43. The molecule has 1 atom stereocenters. The lowest BCUT2D eigenvalue weighted by Crippen LogP contribution is -2.46. The number of halogens is 1. The molecule has 0 bridgehead atoms. The van der Waals surface area contributed by atoms with Crippen LogP contribution >= 0.6 is 11.6 Å². The monoisotopic (exact) mass is 312 g/mol. The molecule has 1 heterocycles. The lowest BCUT2D eigenvalue weighted by atomic mass is 10.1. The van der Waals surface area contributed by atoms with Crippen LogP contribution in [0.1, 0.15) is 49.3 Å². The van der Waals surface area contributed by atoms with E-state index in [1.54, 1.807) is 19.9 Å². The number of aromatic nitrogens is 1. The predicted octanol–water partition coefficient (Wildman–Crippen LogP) is 2.81. The van der Waals surface area contributed by atoms with Gasteiger partial charge in [-0.15, -0.1) is 0 Å². The van der Waals surface area contributed by atoms with Crippen LogP contribution in [0.4, 0.5) is 0 Å². The summed E-state index contributed by atoms with van der Waals surface area (Å²) < 4.78 is 5.17. The van der Waals surface area contributed by atoms with E-state index < -0.39 is 17.6 Å². The fourth-order valence-corrected chi connectivity index (χ4v) is 2.14. The van der Waals surface area contributed by atoms with Crippen molar-refractivity contribution in [2.45, 2.75) is 53.2 Å². The number of carbonyl (C=O) groups excluding carboxylic acids is 2. The smallest absolute Gasteiger partial charge is 0.342 e. The quantitative estimate of drug-likeness (QED) is 0.688. The summed E-state index contributed by atoms with van der Waals surface area (Å²) in [5.41, 5.74) is 1.18. The Hall–Kier alpha value is -1.62. The van der Waals surface area contributed by atoms with E-state index in [1.165, 1.54) is 6.92 Å². The summed E-state index contributed by atoms with van der Waals surface area (Å²) in [5, 5.41) is 2.83. The van der Waals surface area contributed by atoms with Crippen LogP contribution in [0.5, 0.6) is 0 Å². The predicted molar refractivity (Wildman–Crippen MR) is 81.5 cm³/mol. The van der Waals surface area contributed by atoms with Gasteiger partial charge >= 0.3 is 5.97 Å². The van der Waals surface area contributed by atoms with Crippen molar-refractivity contribution in [2.24, 2.45) is 0 Å². The third kappa shape index (κ3) is 5.01. The Labute approximate surface area is 130 Å². The van der Waals surface area contributed by atoms with E-state index in [0.717, 1.165) is 0 Å². The molecule has 1 aromatic rings. The van der Waals surface area contributed by atoms with Crippen LogP contribution in [0.2, 0.25) is 5.15 Å². The van der Waals surface area contributed by atoms with E-state index in [-0.39, 0.29) is 16.6 Å². The molecule has 1 rings (SSSR count). The second-order valence-electron chi connectivity index (χ2n) is 6.03. The van der Waals surface area contributed by atoms with Crippen molar-refractivity contribution < 1.29 is 14.3 Å². The first-order chi connectivity index (χ1) is 9.51. The van der Waals surface area contributed by atoms with Gasteiger partial charge in [-0.05, 0) is 53.2 Å². The zero-order valence-corrected chi connectivity index (χ0v) is 14.0. The van der Waals surface area contributed by atoms with Gasteiger partial charge < -0.3 is 10.1 Å². The van der Waals surface area contributed by atoms with E-state index in [9.17, 15) is 9.59 Å². The number of carbonyl (C=O) groups is 2. The highest BCUT2D eigenvalue weighted by Crippen LogP contribution is 2.20. The molecule has 1 N–H and O–H groups in total. The number of amides is 1. The van der Waals surface area contributed by atoms with Crippen molar-refractivity contribution in [3.8, 4) is 0 Å². The molecule has 0 aliphatic rings. The Morgan fingerprint density at radius 3 is 2.38 bits per heavy atom. The topological polar surface area (TPSA) is 68.3 Å². The third-order valence-corrected chi connectivity index (χ3v) is 2.93. The molecule has 0 aliphatic carbocycles. The number of hydrogen-bond donors (Lipinski definition) is 1. The first kappa shape index (κ1) is 17.4. The maximum atomic E-state index is 12.2. The average Bonchev–Trinajstić information content (AvgIpc) is 2.24. The van der Waals surface area contributed by atoms with Gasteiger partial charge in [-0.25, -0.2) is 9.78 Å². The molecule has 1 amide bonds. The summed E-state index contributed by atoms with van der Waals surface area (Å²) in [4.78, 5) is 28.1. The Morgan fingerprint density at radius 2 is 1.90 bits per heavy atom. The SMILES string of the molecule is Cc1cc(C)c(C(=O)O[C@@H](C)C(=O)NC(C)(C)C)c(Cl)n1. The van der Waals surface area contributed by atoms with E-state index in [1.807, 2.05) is 20.8 Å². The van der Waals surface area contributed by atoms with Gasteiger partial charge in [0.05, 0.1) is 5.56 Å². The highest BCUT2D eigenvalue weighted by molar-refractivity contribution is 6.32. The van der Waals surface area contributed by atoms with Gasteiger partial charge in [0.1, 0.15) is 5.15 Å². The summed E-state index contributed by atoms with van der Waals surface area (Å²) in [6.07, 6.45) is -0.909. The van der Waals surface area contributed by atoms with Gasteiger partial charge in [-0.2, -0.15) is 0 Å². The Morgan fingerprint density at radius 1 is 1.33 bits per heavy atom. The number of hydrogen-bond acceptors (Lipinski definition) is 4. The Bertz CT molecular complexity index is 542. The fraction of sp³-hybridized carbons (Fsp3) is 0.533. The average molecular weight is 313 g/mol. The lowest BCUT2D eigenvalue weighted by molar-refractivity contribution is -0.130. The van der Waals surface area contributed by atoms with Crippen molar-refractivity contribution in [3.63, 3.8) is 0 Å². The molecule has 0 aromatic carbocycles. The number of esters is 1. The van der Waals surface area contributed by atoms with Gasteiger partial charge in [-0.3, -0.25) is 4.79 Å². The van der Waals surface area contributed by atoms with E-state index in [2.05, 4.69) is 10.3 Å². The van der Waals surface area contributed by atoms with Crippen LogP contribution in [0.3, 0.4) is 0 Å². The molecule has 1 aromatic heterocycles. The highest BCUT2D eigenvalue weighted by Gasteiger charge is 2.25. The van der Waals surface area contributed by atoms with Crippen LogP contribution in [0.25, 0.3) is 0 Å². The molecule has 5 nitrogen and oxygen atoms in total. The summed E-state index contributed by atoms with van der Waals surface area (Å²) in [6, 6.07) is 1.74. The van der Waals surface area contributed by atoms with E-state index >= 15 is 0 Å². The first-order valence-electron chi connectivity index (χ1n) is 6.68. The summed E-state index contributed by atoms with van der Waals surface area (Å²) in [5.74, 6) is -1.01. The van der Waals surface area contributed by atoms with Crippen molar-refractivity contribution in [2.75, 3.05) is 0 Å². The molecule has 116 valence electrons. The van der Waals surface area contributed by atoms with Crippen molar-refractivity contribution in [1.29, 1.82) is 0 Å². The number of aryl methyl sites for hydroxylation is 2. The van der Waals surface area contributed by atoms with Crippen LogP contribution in [-0.2, 0) is 9.53 Å². The van der Waals surface area contributed by atoms with E-state index in [0.29, 0.717) is 11.3 Å². The lowest BCUT2D eigenvalue weighted by Gasteiger charge is -2.23. The zero-order chi connectivity index (χ0) is 16.4. The van der Waals surface area contributed by atoms with Crippen LogP contribution < -0.4 is 5.32 Å². The maximum Gasteiger partial charge on any atom is 0.342 e. The van der Waals surface area contributed by atoms with Gasteiger partial charge in [0, 0.05) is 11.2 Å². The molecule has 0 spiro atoms. The maximum absolute atomic E-state index is 12.2. The number of ether oxygens (including phenoxy) is 1. The summed E-state index contributed by atoms with van der Waals surface area (Å²) >= 11 is 5.99. The number of nitrogens with one attached hydrogen (secondary N) is 1. The molecule has 0 saturated carbocycles. The molecule has 0 aliphatic heterocycles. The second-order valence-corrected chi connectivity index (χ2v) is 6.39. The van der Waals surface area contributed by atoms with Crippen molar-refractivity contribution in [3.05, 3.63) is 28.0 Å². The van der Waals surface area contributed by atoms with Gasteiger partial charge in [0.2, 0.25) is 0 Å². The van der Waals surface area contributed by atoms with Crippen molar-refractivity contribution in [1.82, 2.24) is 10.3 Å². The number of pyridine rings is 1. The molecular formula is C15H21ClN2O3. The highest BCUT2D eigenvalue weighted by atomic mass is 35.5. The zero-order valence-electron chi connectivity index (χ0n) is 13.2. The van der Waals surface area contributed by atoms with Crippen LogP contribution in [0, 0.1) is 13.8 Å². The minimum absolute atomic E-state index is 0.0842. The Kier molecular flexibility index (Phi) is 5.34. The van der Waals surface area contributed by atoms with Crippen LogP contribution in [0.15, 0.2) is 6.07 Å². The molecule has 0 unspecified atom stereocenters. The molecular weight excluding hydrogens is 292 g/mol. The minimum Gasteiger partial charge on any atom is -0.449 e. The number of nitrogens with zero attached hydrogens (tertiary/aromatic N) is 1. The number of rotatable bonds is 3. The molecule has 0 radical (unpaired) electrons. The summed E-state index contributed by atoms with van der Waals surface area (Å²) in [7, 11) is 0. The standard InChI is InChI=1S/C15H21ClN2O3/c1-8-7-9(2)17-12(16)11(8)14(20)21-10(3)13(19)18-15(4,5)6/h7,10H,1-6H3,(H,18,19)/t10-/m0/s1. The van der Waals surface area contributed by atoms with Gasteiger partial charge in [0.25, 0.3) is 5.91 Å². The normalized spacial score (nSPS) is 12.7. The fourth-order valence-electron chi connectivity index (χ4n) is 1.78. The van der Waals surface area contributed by atoms with Gasteiger partial charge in [-0.1, -0.05) is 11.6 Å². The molecule has 0 saturated heterocycles. The molecule has 6 heteroatoms. The Balaban J connectivity index is 2.85. The largest absolute Gasteiger partial charge is 0.449 e. The third-order valence-electron chi connectivity index (χ3n) is 2.66. The van der Waals surface area contributed by atoms with Gasteiger partial charge in [0.15, 0.2) is 6.10 Å². The first-order valence-corrected chi connectivity index (χ1v) is 7.06. The minimum atomic E-state index is -0.909. The molecule has 21 heavy (non-hydrogen) atoms. The summed E-state index contributed by atoms with van der Waals surface area (Å²) in [6.45, 7) is 10.6. The van der Waals surface area contributed by atoms with Crippen LogP contribution in [-0.4, -0.2) is 28.5 Å².